The molecule has 1 aromatic carbocycles. The van der Waals surface area contributed by atoms with Gasteiger partial charge in [-0.3, -0.25) is 0 Å². The Morgan fingerprint density at radius 1 is 1.50 bits per heavy atom. The van der Waals surface area contributed by atoms with Crippen LogP contribution in [-0.4, -0.2) is 23.9 Å². The third-order valence-electron chi connectivity index (χ3n) is 2.53. The van der Waals surface area contributed by atoms with Crippen LogP contribution in [0, 0.1) is 6.92 Å². The molecule has 0 aliphatic heterocycles. The maximum absolute atomic E-state index is 5.83. The maximum atomic E-state index is 5.83. The normalized spacial score (nSPS) is 12.7. The lowest BCUT2D eigenvalue weighted by Gasteiger charge is -2.03. The molecule has 0 aliphatic rings. The van der Waals surface area contributed by atoms with Crippen LogP contribution < -0.4 is 5.73 Å². The Kier molecular flexibility index (Phi) is 4.11. The van der Waals surface area contributed by atoms with Gasteiger partial charge < -0.3 is 15.0 Å². The summed E-state index contributed by atoms with van der Waals surface area (Å²) in [5.41, 5.74) is 7.83. The number of nitrogens with two attached hydrogens (primary N) is 1. The van der Waals surface area contributed by atoms with Gasteiger partial charge in [0.2, 0.25) is 11.7 Å². The summed E-state index contributed by atoms with van der Waals surface area (Å²) < 4.78 is 11.1. The number of nitrogens with zero attached hydrogens (tertiary/aromatic N) is 2. The van der Waals surface area contributed by atoms with Gasteiger partial charge >= 0.3 is 0 Å². The zero-order chi connectivity index (χ0) is 13.1. The third-order valence-corrected chi connectivity index (χ3v) is 3.03. The summed E-state index contributed by atoms with van der Waals surface area (Å²) in [6, 6.07) is 5.48. The Balaban J connectivity index is 2.29. The van der Waals surface area contributed by atoms with Crippen molar-refractivity contribution in [1.82, 2.24) is 10.1 Å². The van der Waals surface area contributed by atoms with Gasteiger partial charge in [-0.05, 0) is 30.7 Å². The highest BCUT2D eigenvalue weighted by molar-refractivity contribution is 9.10. The molecular weight excluding hydrogens is 298 g/mol. The molecule has 2 N–H and O–H groups in total. The number of aromatic nitrogens is 2. The molecule has 2 aromatic rings. The summed E-state index contributed by atoms with van der Waals surface area (Å²) >= 11 is 3.42. The van der Waals surface area contributed by atoms with Crippen molar-refractivity contribution in [3.8, 4) is 11.4 Å². The lowest BCUT2D eigenvalue weighted by atomic mass is 10.1. The topological polar surface area (TPSA) is 74.2 Å². The zero-order valence-corrected chi connectivity index (χ0v) is 11.8. The number of benzene rings is 1. The van der Waals surface area contributed by atoms with Gasteiger partial charge in [0, 0.05) is 17.1 Å². The van der Waals surface area contributed by atoms with E-state index in [0.29, 0.717) is 18.3 Å². The summed E-state index contributed by atoms with van der Waals surface area (Å²) in [5.74, 6) is 0.927. The predicted molar refractivity (Wildman–Crippen MR) is 71.0 cm³/mol. The number of hydrogen-bond acceptors (Lipinski definition) is 5. The van der Waals surface area contributed by atoms with E-state index in [0.717, 1.165) is 15.6 Å². The Hall–Kier alpha value is -1.24. The first-order valence-corrected chi connectivity index (χ1v) is 6.25. The van der Waals surface area contributed by atoms with Crippen molar-refractivity contribution in [2.45, 2.75) is 13.0 Å². The Bertz CT molecular complexity index is 542. The number of halogens is 1. The van der Waals surface area contributed by atoms with Crippen LogP contribution in [0.5, 0.6) is 0 Å². The van der Waals surface area contributed by atoms with Crippen LogP contribution in [-0.2, 0) is 4.74 Å². The minimum Gasteiger partial charge on any atom is -0.383 e. The van der Waals surface area contributed by atoms with Crippen LogP contribution in [0.25, 0.3) is 11.4 Å². The second-order valence-corrected chi connectivity index (χ2v) is 4.89. The van der Waals surface area contributed by atoms with E-state index >= 15 is 0 Å². The molecule has 96 valence electrons. The number of hydrogen-bond donors (Lipinski definition) is 1. The molecule has 0 aliphatic carbocycles. The molecule has 0 saturated heterocycles. The van der Waals surface area contributed by atoms with Gasteiger partial charge in [-0.1, -0.05) is 21.1 Å². The van der Waals surface area contributed by atoms with E-state index in [1.165, 1.54) is 0 Å². The number of ether oxygens (including phenoxy) is 1. The molecule has 0 bridgehead atoms. The second kappa shape index (κ2) is 5.60. The minimum atomic E-state index is -0.396. The van der Waals surface area contributed by atoms with Gasteiger partial charge in [-0.25, -0.2) is 0 Å². The Morgan fingerprint density at radius 3 is 2.94 bits per heavy atom. The van der Waals surface area contributed by atoms with Crippen molar-refractivity contribution in [2.75, 3.05) is 13.7 Å². The van der Waals surface area contributed by atoms with E-state index in [2.05, 4.69) is 26.1 Å². The molecule has 0 saturated carbocycles. The highest BCUT2D eigenvalue weighted by Crippen LogP contribution is 2.24. The first-order chi connectivity index (χ1) is 8.61. The van der Waals surface area contributed by atoms with E-state index in [1.54, 1.807) is 7.11 Å². The Labute approximate surface area is 113 Å². The molecule has 5 nitrogen and oxygen atoms in total. The molecule has 1 unspecified atom stereocenters. The van der Waals surface area contributed by atoms with Gasteiger partial charge in [0.15, 0.2) is 0 Å². The third kappa shape index (κ3) is 2.77. The quantitative estimate of drug-likeness (QED) is 0.938. The van der Waals surface area contributed by atoms with Crippen molar-refractivity contribution in [2.24, 2.45) is 5.73 Å². The van der Waals surface area contributed by atoms with Crippen LogP contribution in [0.4, 0.5) is 0 Å². The van der Waals surface area contributed by atoms with Crippen molar-refractivity contribution in [3.63, 3.8) is 0 Å². The van der Waals surface area contributed by atoms with Crippen LogP contribution in [0.15, 0.2) is 27.2 Å². The molecule has 1 heterocycles. The first kappa shape index (κ1) is 13.2. The average Bonchev–Trinajstić information content (AvgIpc) is 2.78. The van der Waals surface area contributed by atoms with E-state index in [4.69, 9.17) is 15.0 Å². The van der Waals surface area contributed by atoms with Gasteiger partial charge in [-0.2, -0.15) is 4.98 Å². The highest BCUT2D eigenvalue weighted by atomic mass is 79.9. The summed E-state index contributed by atoms with van der Waals surface area (Å²) in [4.78, 5) is 4.29. The average molecular weight is 312 g/mol. The lowest BCUT2D eigenvalue weighted by Crippen LogP contribution is -2.16. The monoisotopic (exact) mass is 311 g/mol. The zero-order valence-electron chi connectivity index (χ0n) is 10.2. The number of rotatable bonds is 4. The Morgan fingerprint density at radius 2 is 2.28 bits per heavy atom. The lowest BCUT2D eigenvalue weighted by molar-refractivity contribution is 0.166. The van der Waals surface area contributed by atoms with E-state index in [9.17, 15) is 0 Å². The van der Waals surface area contributed by atoms with Gasteiger partial charge in [0.05, 0.1) is 6.61 Å². The van der Waals surface area contributed by atoms with Crippen LogP contribution in [0.1, 0.15) is 17.5 Å². The molecule has 6 heteroatoms. The molecule has 1 aromatic heterocycles. The fourth-order valence-corrected chi connectivity index (χ4v) is 2.10. The number of methoxy groups -OCH3 is 1. The standard InChI is InChI=1S/C12H14BrN3O2/c1-7-5-8(13)3-4-9(7)11-15-12(18-16-11)10(14)6-17-2/h3-5,10H,6,14H2,1-2H3. The largest absolute Gasteiger partial charge is 0.383 e. The maximum Gasteiger partial charge on any atom is 0.246 e. The van der Waals surface area contributed by atoms with E-state index in [1.807, 2.05) is 25.1 Å². The van der Waals surface area contributed by atoms with E-state index < -0.39 is 6.04 Å². The number of aryl methyl sites for hydroxylation is 1. The van der Waals surface area contributed by atoms with Gasteiger partial charge in [-0.15, -0.1) is 0 Å². The minimum absolute atomic E-state index is 0.348. The molecule has 0 radical (unpaired) electrons. The molecule has 2 rings (SSSR count). The molecular formula is C12H14BrN3O2. The van der Waals surface area contributed by atoms with Gasteiger partial charge in [0.1, 0.15) is 6.04 Å². The highest BCUT2D eigenvalue weighted by Gasteiger charge is 2.16. The fourth-order valence-electron chi connectivity index (χ4n) is 1.62. The van der Waals surface area contributed by atoms with Crippen molar-refractivity contribution >= 4 is 15.9 Å². The van der Waals surface area contributed by atoms with Crippen LogP contribution >= 0.6 is 15.9 Å². The summed E-state index contributed by atoms with van der Waals surface area (Å²) in [7, 11) is 1.58. The molecule has 0 amide bonds. The fraction of sp³-hybridized carbons (Fsp3) is 0.333. The molecule has 0 fully saturated rings. The first-order valence-electron chi connectivity index (χ1n) is 5.46. The van der Waals surface area contributed by atoms with Crippen molar-refractivity contribution < 1.29 is 9.26 Å². The smallest absolute Gasteiger partial charge is 0.246 e. The predicted octanol–water partition coefficient (Wildman–Crippen LogP) is 2.45. The molecule has 0 spiro atoms. The van der Waals surface area contributed by atoms with E-state index in [-0.39, 0.29) is 0 Å². The van der Waals surface area contributed by atoms with Gasteiger partial charge in [0.25, 0.3) is 0 Å². The summed E-state index contributed by atoms with van der Waals surface area (Å²) in [5, 5.41) is 3.94. The summed E-state index contributed by atoms with van der Waals surface area (Å²) in [6.07, 6.45) is 0. The SMILES string of the molecule is COCC(N)c1nc(-c2ccc(Br)cc2C)no1. The second-order valence-electron chi connectivity index (χ2n) is 3.98. The van der Waals surface area contributed by atoms with Crippen LogP contribution in [0.3, 0.4) is 0 Å². The molecule has 1 atom stereocenters. The summed E-state index contributed by atoms with van der Waals surface area (Å²) in [6.45, 7) is 2.34. The molecule has 18 heavy (non-hydrogen) atoms. The van der Waals surface area contributed by atoms with Crippen molar-refractivity contribution in [3.05, 3.63) is 34.1 Å². The van der Waals surface area contributed by atoms with Crippen LogP contribution in [0.2, 0.25) is 0 Å². The van der Waals surface area contributed by atoms with Crippen molar-refractivity contribution in [1.29, 1.82) is 0 Å².